The van der Waals surface area contributed by atoms with Crippen LogP contribution >= 0.6 is 0 Å². The Morgan fingerprint density at radius 3 is 1.11 bits per heavy atom. The molecule has 0 fully saturated rings. The Hall–Kier alpha value is -6.32. The van der Waals surface area contributed by atoms with Crippen molar-refractivity contribution in [3.8, 4) is 23.0 Å². The molecule has 1 aliphatic carbocycles. The van der Waals surface area contributed by atoms with Gasteiger partial charge in [-0.2, -0.15) is 33.7 Å². The molecule has 0 heterocycles. The Kier molecular flexibility index (Phi) is 11.8. The van der Waals surface area contributed by atoms with Gasteiger partial charge in [-0.1, -0.05) is 6.07 Å². The molecule has 21 nitrogen and oxygen atoms in total. The Labute approximate surface area is 351 Å². The summed E-state index contributed by atoms with van der Waals surface area (Å²) in [5.74, 6) is -2.95. The average molecular weight is 937 g/mol. The Morgan fingerprint density at radius 1 is 0.500 bits per heavy atom. The third-order valence-corrected chi connectivity index (χ3v) is 12.9. The van der Waals surface area contributed by atoms with Crippen LogP contribution in [0.25, 0.3) is 0 Å². The smallest absolute Gasteiger partial charge is 0.417 e. The summed E-state index contributed by atoms with van der Waals surface area (Å²) in [5, 5.41) is 48.3. The minimum atomic E-state index is -5.21. The maximum absolute atomic E-state index is 13.7. The molecule has 6 rings (SSSR count). The highest BCUT2D eigenvalue weighted by atomic mass is 32.2. The van der Waals surface area contributed by atoms with Gasteiger partial charge in [0, 0.05) is 81.6 Å². The van der Waals surface area contributed by atoms with Gasteiger partial charge in [0.15, 0.2) is 0 Å². The van der Waals surface area contributed by atoms with Gasteiger partial charge in [-0.3, -0.25) is 28.8 Å². The van der Waals surface area contributed by atoms with E-state index in [0.29, 0.717) is 5.56 Å². The van der Waals surface area contributed by atoms with Crippen molar-refractivity contribution in [1.82, 2.24) is 0 Å². The lowest BCUT2D eigenvalue weighted by molar-refractivity contribution is 0.209. The van der Waals surface area contributed by atoms with Crippen LogP contribution < -0.4 is 15.4 Å². The number of fused-ring (bicyclic) bond motifs is 8. The molecule has 62 heavy (non-hydrogen) atoms. The summed E-state index contributed by atoms with van der Waals surface area (Å²) in [5.41, 5.74) is -3.14. The number of aromatic hydroxyl groups is 3. The second kappa shape index (κ2) is 16.2. The summed E-state index contributed by atoms with van der Waals surface area (Å²) in [6.07, 6.45) is -5.99. The highest BCUT2D eigenvalue weighted by Gasteiger charge is 2.28. The van der Waals surface area contributed by atoms with E-state index in [1.807, 2.05) is 0 Å². The standard InChI is InChI=1S/C37H32N2O19S4/c1-17-2-3-26(38-36(43)44)16-31(17)39-37(45)58-35-24-6-22-12-28(60(49,50)51)10-20(33(22)41)4-18-8-27(59(46,47)48)9-19(32(18)40)5-21-11-29(61(52,53)54)13-23(34(21)42)7-25(35)15-30(14-24)62(55,56)57/h2-3,8-16,38,40-42H,4-7H2,1H3,(H,39,45)(H,43,44)(H,46,47,48)(H,49,50,51)(H,52,53,54)(H,55,56,57). The van der Waals surface area contributed by atoms with E-state index in [0.717, 1.165) is 48.5 Å². The van der Waals surface area contributed by atoms with Crippen LogP contribution in [0.3, 0.4) is 0 Å². The maximum Gasteiger partial charge on any atom is 0.417 e. The number of benzene rings is 5. The highest BCUT2D eigenvalue weighted by molar-refractivity contribution is 7.86. The molecule has 5 aromatic carbocycles. The first kappa shape index (κ1) is 45.2. The van der Waals surface area contributed by atoms with Crippen molar-refractivity contribution in [2.24, 2.45) is 0 Å². The number of aryl methyl sites for hydroxylation is 1. The zero-order chi connectivity index (χ0) is 45.9. The molecule has 8 bridgehead atoms. The van der Waals surface area contributed by atoms with Crippen LogP contribution in [-0.2, 0) is 66.2 Å². The molecule has 5 aromatic rings. The molecule has 25 heteroatoms. The number of ether oxygens (including phenoxy) is 1. The number of nitrogens with one attached hydrogen (secondary N) is 2. The molecule has 0 atom stereocenters. The fourth-order valence-electron chi connectivity index (χ4n) is 6.71. The normalized spacial score (nSPS) is 13.2. The first-order valence-electron chi connectivity index (χ1n) is 17.3. The highest BCUT2D eigenvalue weighted by Crippen LogP contribution is 2.41. The number of carbonyl (C=O) groups excluding carboxylic acids is 1. The second-order valence-corrected chi connectivity index (χ2v) is 19.6. The quantitative estimate of drug-likeness (QED) is 0.0986. The van der Waals surface area contributed by atoms with Crippen molar-refractivity contribution in [2.75, 3.05) is 10.6 Å². The largest absolute Gasteiger partial charge is 0.507 e. The van der Waals surface area contributed by atoms with Gasteiger partial charge < -0.3 is 25.2 Å². The van der Waals surface area contributed by atoms with Gasteiger partial charge in [-0.15, -0.1) is 0 Å². The van der Waals surface area contributed by atoms with Gasteiger partial charge in [0.05, 0.1) is 19.6 Å². The SMILES string of the molecule is Cc1ccc(NC(=O)O)cc1NC(=O)Oc1c2cc(S(=O)(=O)O)cc1Cc1cc(S(=O)(=O)O)cc(c1O)Cc1cc(S(=O)(=O)O)cc(c1O)Cc1cc(S(=O)(=O)O)cc(c1O)C2. The molecular formula is C37H32N2O19S4. The lowest BCUT2D eigenvalue weighted by Gasteiger charge is -2.21. The molecule has 0 aromatic heterocycles. The molecule has 10 N–H and O–H groups in total. The molecule has 0 spiro atoms. The number of rotatable bonds is 7. The van der Waals surface area contributed by atoms with Crippen molar-refractivity contribution >= 4 is 64.0 Å². The number of carboxylic acid groups (broad SMARTS) is 1. The van der Waals surface area contributed by atoms with Gasteiger partial charge in [0.2, 0.25) is 0 Å². The Morgan fingerprint density at radius 2 is 0.806 bits per heavy atom. The fraction of sp³-hybridized carbons (Fsp3) is 0.135. The Bertz CT molecular complexity index is 3070. The summed E-state index contributed by atoms with van der Waals surface area (Å²) in [7, 11) is -20.6. The van der Waals surface area contributed by atoms with Gasteiger partial charge >= 0.3 is 12.2 Å². The number of carbonyl (C=O) groups is 2. The molecule has 0 saturated carbocycles. The molecule has 0 saturated heterocycles. The number of phenols is 3. The minimum Gasteiger partial charge on any atom is -0.507 e. The molecule has 0 unspecified atom stereocenters. The Balaban J connectivity index is 1.69. The minimum absolute atomic E-state index is 0.00844. The predicted molar refractivity (Wildman–Crippen MR) is 214 cm³/mol. The summed E-state index contributed by atoms with van der Waals surface area (Å²) in [4.78, 5) is 21.4. The van der Waals surface area contributed by atoms with E-state index in [9.17, 15) is 76.8 Å². The zero-order valence-electron chi connectivity index (χ0n) is 31.4. The third kappa shape index (κ3) is 9.90. The first-order chi connectivity index (χ1) is 28.6. The lowest BCUT2D eigenvalue weighted by Crippen LogP contribution is -2.20. The summed E-state index contributed by atoms with van der Waals surface area (Å²) in [6.45, 7) is 1.53. The van der Waals surface area contributed by atoms with Crippen LogP contribution in [0.1, 0.15) is 50.1 Å². The van der Waals surface area contributed by atoms with Gasteiger partial charge in [-0.05, 0) is 73.2 Å². The van der Waals surface area contributed by atoms with E-state index >= 15 is 0 Å². The number of amides is 2. The van der Waals surface area contributed by atoms with Gasteiger partial charge in [0.25, 0.3) is 40.5 Å². The predicted octanol–water partition coefficient (Wildman–Crippen LogP) is 4.48. The van der Waals surface area contributed by atoms with Crippen LogP contribution in [0.15, 0.2) is 86.3 Å². The van der Waals surface area contributed by atoms with Crippen molar-refractivity contribution in [3.63, 3.8) is 0 Å². The van der Waals surface area contributed by atoms with Crippen LogP contribution in [0.2, 0.25) is 0 Å². The summed E-state index contributed by atoms with van der Waals surface area (Å²) >= 11 is 0. The molecule has 0 aliphatic heterocycles. The van der Waals surface area contributed by atoms with Crippen molar-refractivity contribution < 1.29 is 86.6 Å². The third-order valence-electron chi connectivity index (χ3n) is 9.58. The molecular weight excluding hydrogens is 905 g/mol. The van der Waals surface area contributed by atoms with E-state index in [4.69, 9.17) is 9.84 Å². The van der Waals surface area contributed by atoms with Crippen molar-refractivity contribution in [3.05, 3.63) is 117 Å². The van der Waals surface area contributed by atoms with E-state index in [-0.39, 0.29) is 11.4 Å². The van der Waals surface area contributed by atoms with E-state index in [1.54, 1.807) is 0 Å². The maximum atomic E-state index is 13.7. The lowest BCUT2D eigenvalue weighted by atomic mass is 9.91. The fourth-order valence-corrected chi connectivity index (χ4v) is 9.04. The number of hydrogen-bond donors (Lipinski definition) is 10. The summed E-state index contributed by atoms with van der Waals surface area (Å²) in [6, 6.07) is 9.96. The molecule has 2 amide bonds. The molecule has 1 aliphatic rings. The summed E-state index contributed by atoms with van der Waals surface area (Å²) < 4.78 is 147. The van der Waals surface area contributed by atoms with E-state index in [2.05, 4.69) is 10.6 Å². The monoisotopic (exact) mass is 936 g/mol. The van der Waals surface area contributed by atoms with Gasteiger partial charge in [0.1, 0.15) is 23.0 Å². The zero-order valence-corrected chi connectivity index (χ0v) is 34.6. The van der Waals surface area contributed by atoms with Gasteiger partial charge in [-0.25, -0.2) is 9.59 Å². The number of phenolic OH excluding ortho intramolecular Hbond substituents is 3. The van der Waals surface area contributed by atoms with Crippen molar-refractivity contribution in [1.29, 1.82) is 0 Å². The van der Waals surface area contributed by atoms with Crippen LogP contribution in [0.5, 0.6) is 23.0 Å². The van der Waals surface area contributed by atoms with E-state index < -0.39 is 165 Å². The van der Waals surface area contributed by atoms with Crippen LogP contribution in [0, 0.1) is 6.92 Å². The van der Waals surface area contributed by atoms with Crippen LogP contribution in [-0.4, -0.2) is 84.5 Å². The topological polar surface area (TPSA) is 366 Å². The molecule has 328 valence electrons. The van der Waals surface area contributed by atoms with E-state index in [1.165, 1.54) is 25.1 Å². The molecule has 0 radical (unpaired) electrons. The first-order valence-corrected chi connectivity index (χ1v) is 23.0. The average Bonchev–Trinajstić information content (AvgIpc) is 3.13. The van der Waals surface area contributed by atoms with Crippen molar-refractivity contribution in [2.45, 2.75) is 52.2 Å². The van der Waals surface area contributed by atoms with Crippen LogP contribution in [0.4, 0.5) is 21.0 Å². The number of anilines is 2. The number of hydrogen-bond acceptors (Lipinski definition) is 14. The second-order valence-electron chi connectivity index (χ2n) is 13.9.